The van der Waals surface area contributed by atoms with Crippen LogP contribution in [0, 0.1) is 17.3 Å². The van der Waals surface area contributed by atoms with Gasteiger partial charge in [-0.15, -0.1) is 0 Å². The number of aliphatic imine (C=N–C) groups is 1. The van der Waals surface area contributed by atoms with E-state index >= 15 is 0 Å². The van der Waals surface area contributed by atoms with Crippen LogP contribution in [0.3, 0.4) is 0 Å². The molecule has 0 aromatic carbocycles. The van der Waals surface area contributed by atoms with Gasteiger partial charge in [0.2, 0.25) is 0 Å². The molecule has 1 heterocycles. The normalized spacial score (nSPS) is 31.3. The van der Waals surface area contributed by atoms with Crippen LogP contribution >= 0.6 is 0 Å². The Kier molecular flexibility index (Phi) is 8.24. The SMILES string of the molecule is CCC[CH2][Sn](/[CH]=C1\C[C@@H]2C=CC[C@@]1(C1=NC(C)(C)CO1)[C@H]2C)([CH2]CCC)[CH2]CCC. The molecule has 0 amide bonds. The quantitative estimate of drug-likeness (QED) is 0.199. The number of nitrogens with zero attached hydrogens (tertiary/aromatic N) is 1. The van der Waals surface area contributed by atoms with Crippen LogP contribution in [0.15, 0.2) is 26.8 Å². The maximum absolute atomic E-state index is 6.39. The van der Waals surface area contributed by atoms with Crippen LogP contribution in [0.5, 0.6) is 0 Å². The zero-order valence-corrected chi connectivity index (χ0v) is 23.6. The van der Waals surface area contributed by atoms with Gasteiger partial charge in [-0.2, -0.15) is 0 Å². The van der Waals surface area contributed by atoms with Crippen molar-refractivity contribution in [3.05, 3.63) is 21.8 Å². The zero-order chi connectivity index (χ0) is 21.8. The number of fused-ring (bicyclic) bond motifs is 2. The van der Waals surface area contributed by atoms with Crippen LogP contribution in [0.25, 0.3) is 0 Å². The number of rotatable bonds is 11. The molecule has 170 valence electrons. The summed E-state index contributed by atoms with van der Waals surface area (Å²) in [7, 11) is 0. The summed E-state index contributed by atoms with van der Waals surface area (Å²) in [6.07, 6.45) is 15.6. The van der Waals surface area contributed by atoms with Crippen molar-refractivity contribution >= 4 is 24.3 Å². The molecule has 2 aliphatic carbocycles. The molecular formula is C27H47NOSn. The van der Waals surface area contributed by atoms with Crippen LogP contribution < -0.4 is 0 Å². The van der Waals surface area contributed by atoms with Crippen LogP contribution in [0.4, 0.5) is 0 Å². The van der Waals surface area contributed by atoms with Gasteiger partial charge >= 0.3 is 191 Å². The Hall–Kier alpha value is -0.251. The van der Waals surface area contributed by atoms with Crippen molar-refractivity contribution < 1.29 is 4.74 Å². The Balaban J connectivity index is 2.05. The number of unbranched alkanes of at least 4 members (excludes halogenated alkanes) is 3. The summed E-state index contributed by atoms with van der Waals surface area (Å²) in [6, 6.07) is 0. The molecule has 0 N–H and O–H groups in total. The predicted octanol–water partition coefficient (Wildman–Crippen LogP) is 8.11. The molecule has 3 atom stereocenters. The van der Waals surface area contributed by atoms with Crippen molar-refractivity contribution in [2.45, 2.75) is 112 Å². The average molecular weight is 520 g/mol. The summed E-state index contributed by atoms with van der Waals surface area (Å²) in [5.74, 6) is 2.38. The molecular weight excluding hydrogens is 473 g/mol. The summed E-state index contributed by atoms with van der Waals surface area (Å²) in [5, 5.41) is 0. The van der Waals surface area contributed by atoms with Gasteiger partial charge in [0.15, 0.2) is 0 Å². The minimum atomic E-state index is -2.37. The summed E-state index contributed by atoms with van der Waals surface area (Å²) < 4.78 is 14.1. The standard InChI is InChI=1S/C15H20NO.3C4H9.Sn/c1-10-8-12-6-5-7-15(10,11(12)2)13-16-14(3,4)9-17-13;3*1-3-4-2;/h1,5-6,11-12H,7-9H2,2-4H3;3*1,3-4H2,2H3;/t11-,12-,15-;;;;/m0..../s1. The second-order valence-corrected chi connectivity index (χ2v) is 24.0. The molecule has 0 saturated heterocycles. The van der Waals surface area contributed by atoms with Gasteiger partial charge in [-0.3, -0.25) is 0 Å². The number of hydrogen-bond donors (Lipinski definition) is 0. The van der Waals surface area contributed by atoms with E-state index in [0.717, 1.165) is 18.9 Å². The molecule has 0 radical (unpaired) electrons. The summed E-state index contributed by atoms with van der Waals surface area (Å²) in [6.45, 7) is 14.8. The van der Waals surface area contributed by atoms with Crippen molar-refractivity contribution in [3.8, 4) is 0 Å². The molecule has 0 aromatic heterocycles. The van der Waals surface area contributed by atoms with Gasteiger partial charge in [0, 0.05) is 0 Å². The molecule has 2 bridgehead atoms. The van der Waals surface area contributed by atoms with E-state index < -0.39 is 18.4 Å². The fraction of sp³-hybridized carbons (Fsp3) is 0.815. The van der Waals surface area contributed by atoms with Gasteiger partial charge in [0.05, 0.1) is 0 Å². The third-order valence-corrected chi connectivity index (χ3v) is 22.5. The van der Waals surface area contributed by atoms with E-state index in [4.69, 9.17) is 9.73 Å². The molecule has 3 aliphatic rings. The van der Waals surface area contributed by atoms with Gasteiger partial charge in [0.25, 0.3) is 0 Å². The van der Waals surface area contributed by atoms with Crippen molar-refractivity contribution in [2.75, 3.05) is 6.61 Å². The van der Waals surface area contributed by atoms with Crippen molar-refractivity contribution in [1.29, 1.82) is 0 Å². The Morgan fingerprint density at radius 1 is 1.07 bits per heavy atom. The fourth-order valence-electron chi connectivity index (χ4n) is 6.22. The Bertz CT molecular complexity index is 655. The molecule has 1 fully saturated rings. The van der Waals surface area contributed by atoms with E-state index in [1.165, 1.54) is 44.9 Å². The third kappa shape index (κ3) is 4.89. The number of hydrogen-bond acceptors (Lipinski definition) is 2. The molecule has 30 heavy (non-hydrogen) atoms. The first-order valence-corrected chi connectivity index (χ1v) is 20.6. The second kappa shape index (κ2) is 10.1. The molecule has 0 unspecified atom stereocenters. The minimum absolute atomic E-state index is 0.0556. The van der Waals surface area contributed by atoms with E-state index in [9.17, 15) is 0 Å². The first kappa shape index (κ1) is 24.4. The number of allylic oxidation sites excluding steroid dienone is 2. The third-order valence-electron chi connectivity index (χ3n) is 8.18. The molecule has 1 aliphatic heterocycles. The average Bonchev–Trinajstić information content (AvgIpc) is 3.13. The molecule has 0 spiro atoms. The van der Waals surface area contributed by atoms with Crippen molar-refractivity contribution in [2.24, 2.45) is 22.2 Å². The molecule has 3 rings (SSSR count). The van der Waals surface area contributed by atoms with E-state index in [1.54, 1.807) is 18.9 Å². The topological polar surface area (TPSA) is 21.6 Å². The van der Waals surface area contributed by atoms with Gasteiger partial charge in [-0.1, -0.05) is 0 Å². The van der Waals surface area contributed by atoms with Gasteiger partial charge in [-0.25, -0.2) is 0 Å². The van der Waals surface area contributed by atoms with Crippen molar-refractivity contribution in [3.63, 3.8) is 0 Å². The second-order valence-electron chi connectivity index (χ2n) is 11.1. The van der Waals surface area contributed by atoms with E-state index in [2.05, 4.69) is 57.8 Å². The molecule has 3 heteroatoms. The molecule has 1 saturated carbocycles. The summed E-state index contributed by atoms with van der Waals surface area (Å²) >= 11 is -2.37. The van der Waals surface area contributed by atoms with Crippen LogP contribution in [0.2, 0.25) is 13.3 Å². The van der Waals surface area contributed by atoms with Crippen LogP contribution in [-0.4, -0.2) is 36.4 Å². The van der Waals surface area contributed by atoms with Gasteiger partial charge in [0.1, 0.15) is 0 Å². The van der Waals surface area contributed by atoms with Crippen LogP contribution in [0.1, 0.15) is 92.9 Å². The van der Waals surface area contributed by atoms with E-state index in [0.29, 0.717) is 11.8 Å². The Morgan fingerprint density at radius 2 is 1.67 bits per heavy atom. The van der Waals surface area contributed by atoms with E-state index in [-0.39, 0.29) is 11.0 Å². The van der Waals surface area contributed by atoms with Crippen LogP contribution in [-0.2, 0) is 4.74 Å². The van der Waals surface area contributed by atoms with E-state index in [1.807, 2.05) is 0 Å². The maximum atomic E-state index is 6.39. The molecule has 2 nitrogen and oxygen atoms in total. The summed E-state index contributed by atoms with van der Waals surface area (Å²) in [4.78, 5) is 5.17. The first-order chi connectivity index (χ1) is 14.3. The number of ether oxygens (including phenoxy) is 1. The Labute approximate surface area is 190 Å². The van der Waals surface area contributed by atoms with Crippen molar-refractivity contribution in [1.82, 2.24) is 0 Å². The first-order valence-electron chi connectivity index (χ1n) is 12.9. The summed E-state index contributed by atoms with van der Waals surface area (Å²) in [5.41, 5.74) is 1.74. The zero-order valence-electron chi connectivity index (χ0n) is 20.7. The Morgan fingerprint density at radius 3 is 2.17 bits per heavy atom. The van der Waals surface area contributed by atoms with Gasteiger partial charge < -0.3 is 0 Å². The fourth-order valence-corrected chi connectivity index (χ4v) is 21.8. The van der Waals surface area contributed by atoms with Gasteiger partial charge in [-0.05, 0) is 0 Å². The monoisotopic (exact) mass is 521 g/mol. The molecule has 0 aromatic rings. The predicted molar refractivity (Wildman–Crippen MR) is 134 cm³/mol.